The number of rotatable bonds is 2. The summed E-state index contributed by atoms with van der Waals surface area (Å²) in [6.07, 6.45) is 6.46. The van der Waals surface area contributed by atoms with Crippen LogP contribution in [-0.4, -0.2) is 6.03 Å². The van der Waals surface area contributed by atoms with Crippen molar-refractivity contribution in [2.45, 2.75) is 32.6 Å². The van der Waals surface area contributed by atoms with Gasteiger partial charge in [-0.1, -0.05) is 23.2 Å². The van der Waals surface area contributed by atoms with Gasteiger partial charge in [-0.2, -0.15) is 0 Å². The Hall–Kier alpha value is -1.48. The van der Waals surface area contributed by atoms with Gasteiger partial charge in [0, 0.05) is 16.9 Å². The Bertz CT molecular complexity index is 475. The molecule has 0 unspecified atom stereocenters. The van der Waals surface area contributed by atoms with Crippen LogP contribution in [0.4, 0.5) is 10.5 Å². The van der Waals surface area contributed by atoms with Gasteiger partial charge in [-0.3, -0.25) is 0 Å². The fraction of sp³-hybridized carbons (Fsp3) is 0.357. The lowest BCUT2D eigenvalue weighted by Crippen LogP contribution is -2.24. The minimum atomic E-state index is -0.227. The van der Waals surface area contributed by atoms with E-state index in [1.165, 1.54) is 18.4 Å². The first-order valence-corrected chi connectivity index (χ1v) is 6.54. The van der Waals surface area contributed by atoms with Gasteiger partial charge in [0.1, 0.15) is 0 Å². The van der Waals surface area contributed by atoms with Crippen LogP contribution in [0.2, 0.25) is 5.02 Å². The molecule has 4 heteroatoms. The molecule has 1 aromatic rings. The zero-order valence-electron chi connectivity index (χ0n) is 10.4. The molecular formula is C14H17ClN2O. The molecule has 0 heterocycles. The molecule has 0 aliphatic heterocycles. The van der Waals surface area contributed by atoms with Crippen molar-refractivity contribution in [1.29, 1.82) is 0 Å². The van der Waals surface area contributed by atoms with Gasteiger partial charge in [-0.15, -0.1) is 0 Å². The van der Waals surface area contributed by atoms with Crippen LogP contribution in [0.15, 0.2) is 30.0 Å². The molecule has 0 aromatic heterocycles. The monoisotopic (exact) mass is 264 g/mol. The highest BCUT2D eigenvalue weighted by atomic mass is 35.5. The predicted octanol–water partition coefficient (Wildman–Crippen LogP) is 4.23. The van der Waals surface area contributed by atoms with Gasteiger partial charge in [0.15, 0.2) is 0 Å². The van der Waals surface area contributed by atoms with Crippen molar-refractivity contribution in [3.63, 3.8) is 0 Å². The second-order valence-corrected chi connectivity index (χ2v) is 4.98. The zero-order chi connectivity index (χ0) is 13.0. The van der Waals surface area contributed by atoms with Crippen molar-refractivity contribution >= 4 is 23.3 Å². The molecule has 1 aliphatic carbocycles. The average Bonchev–Trinajstić information content (AvgIpc) is 2.84. The maximum Gasteiger partial charge on any atom is 0.323 e. The molecule has 18 heavy (non-hydrogen) atoms. The van der Waals surface area contributed by atoms with Crippen LogP contribution in [0.5, 0.6) is 0 Å². The van der Waals surface area contributed by atoms with Crippen LogP contribution in [-0.2, 0) is 0 Å². The summed E-state index contributed by atoms with van der Waals surface area (Å²) in [4.78, 5) is 11.7. The van der Waals surface area contributed by atoms with Crippen LogP contribution < -0.4 is 10.6 Å². The Labute approximate surface area is 112 Å². The fourth-order valence-electron chi connectivity index (χ4n) is 1.98. The number of urea groups is 1. The fourth-order valence-corrected chi connectivity index (χ4v) is 2.16. The Morgan fingerprint density at radius 3 is 2.72 bits per heavy atom. The van der Waals surface area contributed by atoms with Gasteiger partial charge in [0.2, 0.25) is 0 Å². The van der Waals surface area contributed by atoms with E-state index in [-0.39, 0.29) is 6.03 Å². The summed E-state index contributed by atoms with van der Waals surface area (Å²) in [6, 6.07) is 5.24. The number of anilines is 1. The van der Waals surface area contributed by atoms with Crippen LogP contribution >= 0.6 is 11.6 Å². The maximum absolute atomic E-state index is 11.7. The SMILES string of the molecule is Cc1ccc(NC(=O)NC=C2CCCC2)cc1Cl. The molecule has 0 atom stereocenters. The number of hydrogen-bond donors (Lipinski definition) is 2. The summed E-state index contributed by atoms with van der Waals surface area (Å²) >= 11 is 5.99. The molecule has 0 spiro atoms. The summed E-state index contributed by atoms with van der Waals surface area (Å²) in [5.74, 6) is 0. The topological polar surface area (TPSA) is 41.1 Å². The molecular weight excluding hydrogens is 248 g/mol. The third kappa shape index (κ3) is 3.50. The number of hydrogen-bond acceptors (Lipinski definition) is 1. The van der Waals surface area contributed by atoms with Crippen molar-refractivity contribution in [1.82, 2.24) is 5.32 Å². The van der Waals surface area contributed by atoms with Crippen molar-refractivity contribution in [2.75, 3.05) is 5.32 Å². The number of allylic oxidation sites excluding steroid dienone is 1. The maximum atomic E-state index is 11.7. The quantitative estimate of drug-likeness (QED) is 0.825. The first kappa shape index (κ1) is 13.0. The van der Waals surface area contributed by atoms with E-state index in [4.69, 9.17) is 11.6 Å². The first-order valence-electron chi connectivity index (χ1n) is 6.17. The Morgan fingerprint density at radius 2 is 2.06 bits per heavy atom. The summed E-state index contributed by atoms with van der Waals surface area (Å²) in [5, 5.41) is 6.16. The predicted molar refractivity (Wildman–Crippen MR) is 74.9 cm³/mol. The second-order valence-electron chi connectivity index (χ2n) is 4.57. The molecule has 1 aromatic carbocycles. The number of aryl methyl sites for hydroxylation is 1. The van der Waals surface area contributed by atoms with Gasteiger partial charge in [0.05, 0.1) is 0 Å². The molecule has 2 rings (SSSR count). The summed E-state index contributed by atoms with van der Waals surface area (Å²) in [7, 11) is 0. The van der Waals surface area contributed by atoms with E-state index in [1.807, 2.05) is 25.3 Å². The molecule has 1 aliphatic rings. The lowest BCUT2D eigenvalue weighted by atomic mass is 10.2. The lowest BCUT2D eigenvalue weighted by molar-refractivity contribution is 0.255. The Kier molecular flexibility index (Phi) is 4.26. The molecule has 2 N–H and O–H groups in total. The number of carbonyl (C=O) groups excluding carboxylic acids is 1. The van der Waals surface area contributed by atoms with Crippen LogP contribution in [0.3, 0.4) is 0 Å². The number of halogens is 1. The smallest absolute Gasteiger partial charge is 0.314 e. The van der Waals surface area contributed by atoms with E-state index < -0.39 is 0 Å². The highest BCUT2D eigenvalue weighted by Gasteiger charge is 2.07. The van der Waals surface area contributed by atoms with Gasteiger partial charge in [0.25, 0.3) is 0 Å². The normalized spacial score (nSPS) is 14.4. The van der Waals surface area contributed by atoms with Crippen molar-refractivity contribution in [3.8, 4) is 0 Å². The highest BCUT2D eigenvalue weighted by Crippen LogP contribution is 2.23. The number of amides is 2. The minimum absolute atomic E-state index is 0.227. The van der Waals surface area contributed by atoms with E-state index in [0.29, 0.717) is 10.7 Å². The summed E-state index contributed by atoms with van der Waals surface area (Å²) in [5.41, 5.74) is 3.01. The lowest BCUT2D eigenvalue weighted by Gasteiger charge is -2.07. The molecule has 3 nitrogen and oxygen atoms in total. The largest absolute Gasteiger partial charge is 0.323 e. The minimum Gasteiger partial charge on any atom is -0.314 e. The second kappa shape index (κ2) is 5.91. The first-order chi connectivity index (χ1) is 8.65. The number of benzene rings is 1. The Morgan fingerprint density at radius 1 is 1.33 bits per heavy atom. The van der Waals surface area contributed by atoms with Gasteiger partial charge < -0.3 is 10.6 Å². The van der Waals surface area contributed by atoms with Crippen LogP contribution in [0.25, 0.3) is 0 Å². The van der Waals surface area contributed by atoms with E-state index >= 15 is 0 Å². The zero-order valence-corrected chi connectivity index (χ0v) is 11.2. The van der Waals surface area contributed by atoms with Gasteiger partial charge in [-0.25, -0.2) is 4.79 Å². The number of carbonyl (C=O) groups is 1. The summed E-state index contributed by atoms with van der Waals surface area (Å²) < 4.78 is 0. The van der Waals surface area contributed by atoms with Gasteiger partial charge >= 0.3 is 6.03 Å². The molecule has 0 radical (unpaired) electrons. The molecule has 0 bridgehead atoms. The molecule has 96 valence electrons. The van der Waals surface area contributed by atoms with E-state index in [0.717, 1.165) is 18.4 Å². The van der Waals surface area contributed by atoms with Crippen LogP contribution in [0, 0.1) is 6.92 Å². The van der Waals surface area contributed by atoms with Gasteiger partial charge in [-0.05, 0) is 50.3 Å². The van der Waals surface area contributed by atoms with Crippen molar-refractivity contribution < 1.29 is 4.79 Å². The Balaban J connectivity index is 1.90. The average molecular weight is 265 g/mol. The third-order valence-corrected chi connectivity index (χ3v) is 3.49. The van der Waals surface area contributed by atoms with Crippen molar-refractivity contribution in [3.05, 3.63) is 40.6 Å². The molecule has 0 saturated heterocycles. The van der Waals surface area contributed by atoms with E-state index in [2.05, 4.69) is 10.6 Å². The van der Waals surface area contributed by atoms with E-state index in [9.17, 15) is 4.79 Å². The van der Waals surface area contributed by atoms with Crippen molar-refractivity contribution in [2.24, 2.45) is 0 Å². The molecule has 2 amide bonds. The summed E-state index contributed by atoms with van der Waals surface area (Å²) in [6.45, 7) is 1.93. The highest BCUT2D eigenvalue weighted by molar-refractivity contribution is 6.31. The van der Waals surface area contributed by atoms with Crippen LogP contribution in [0.1, 0.15) is 31.2 Å². The molecule has 1 fully saturated rings. The van der Waals surface area contributed by atoms with E-state index in [1.54, 1.807) is 6.07 Å². The standard InChI is InChI=1S/C14H17ClN2O/c1-10-6-7-12(8-13(10)15)17-14(18)16-9-11-4-2-3-5-11/h6-9H,2-5H2,1H3,(H2,16,17,18). The number of nitrogens with one attached hydrogen (secondary N) is 2. The molecule has 1 saturated carbocycles. The third-order valence-electron chi connectivity index (χ3n) is 3.08.